The van der Waals surface area contributed by atoms with Crippen LogP contribution in [0.1, 0.15) is 37.3 Å². The van der Waals surface area contributed by atoms with E-state index in [0.717, 1.165) is 45.6 Å². The summed E-state index contributed by atoms with van der Waals surface area (Å²) in [4.78, 5) is 19.0. The predicted octanol–water partition coefficient (Wildman–Crippen LogP) is 2.85. The number of hydrogen-bond donors (Lipinski definition) is 1. The average molecular weight is 427 g/mol. The molecule has 1 aliphatic heterocycles. The number of rotatable bonds is 8. The van der Waals surface area contributed by atoms with Crippen molar-refractivity contribution in [3.05, 3.63) is 35.9 Å². The van der Waals surface area contributed by atoms with Crippen molar-refractivity contribution in [3.63, 3.8) is 0 Å². The Morgan fingerprint density at radius 2 is 2.20 bits per heavy atom. The monoisotopic (exact) mass is 426 g/mol. The van der Waals surface area contributed by atoms with Crippen LogP contribution in [0.15, 0.2) is 30.2 Å². The summed E-state index contributed by atoms with van der Waals surface area (Å²) >= 11 is 1.81. The van der Waals surface area contributed by atoms with E-state index in [1.54, 1.807) is 6.20 Å². The fourth-order valence-corrected chi connectivity index (χ4v) is 5.77. The Morgan fingerprint density at radius 3 is 3.00 bits per heavy atom. The Balaban J connectivity index is 1.03. The molecule has 2 atom stereocenters. The zero-order valence-electron chi connectivity index (χ0n) is 17.5. The van der Waals surface area contributed by atoms with E-state index in [1.807, 2.05) is 40.2 Å². The molecular weight excluding hydrogens is 396 g/mol. The standard InChI is InChI=1S/C22H30N6OS/c1-26-19-5-12-30-21(19)20(25-26)16-3-9-27(10-4-16)14-17-13-18(17)22(29)24-6-2-8-28-11-7-23-15-28/h5,7,11-12,15-18H,2-4,6,8-10,13-14H2,1H3,(H,24,29)/t17-,18+/m0/s1. The smallest absolute Gasteiger partial charge is 0.223 e. The Kier molecular flexibility index (Phi) is 5.60. The quantitative estimate of drug-likeness (QED) is 0.563. The molecule has 5 rings (SSSR count). The number of carbonyl (C=O) groups excluding carboxylic acids is 1. The molecule has 0 bridgehead atoms. The highest BCUT2D eigenvalue weighted by Crippen LogP contribution is 2.41. The van der Waals surface area contributed by atoms with Crippen molar-refractivity contribution in [2.75, 3.05) is 26.2 Å². The molecule has 1 saturated heterocycles. The second-order valence-electron chi connectivity index (χ2n) is 8.77. The van der Waals surface area contributed by atoms with Gasteiger partial charge in [-0.05, 0) is 56.1 Å². The van der Waals surface area contributed by atoms with Crippen LogP contribution in [0.4, 0.5) is 0 Å². The molecule has 4 heterocycles. The SMILES string of the molecule is Cn1nc(C2CCN(C[C@@H]3C[C@H]3C(=O)NCCCn3ccnc3)CC2)c2sccc21. The first-order chi connectivity index (χ1) is 14.7. The van der Waals surface area contributed by atoms with Crippen LogP contribution in [0.3, 0.4) is 0 Å². The van der Waals surface area contributed by atoms with E-state index >= 15 is 0 Å². The van der Waals surface area contributed by atoms with Gasteiger partial charge in [0.05, 0.1) is 22.2 Å². The maximum absolute atomic E-state index is 12.4. The van der Waals surface area contributed by atoms with Gasteiger partial charge in [0, 0.05) is 50.9 Å². The normalized spacial score (nSPS) is 22.6. The summed E-state index contributed by atoms with van der Waals surface area (Å²) in [6.45, 7) is 4.94. The third kappa shape index (κ3) is 4.16. The minimum absolute atomic E-state index is 0.220. The Morgan fingerprint density at radius 1 is 1.33 bits per heavy atom. The van der Waals surface area contributed by atoms with Gasteiger partial charge in [-0.3, -0.25) is 9.48 Å². The summed E-state index contributed by atoms with van der Waals surface area (Å²) in [6.07, 6.45) is 9.89. The summed E-state index contributed by atoms with van der Waals surface area (Å²) in [5, 5.41) is 10.1. The summed E-state index contributed by atoms with van der Waals surface area (Å²) in [6, 6.07) is 2.17. The van der Waals surface area contributed by atoms with Crippen LogP contribution in [0.2, 0.25) is 0 Å². The van der Waals surface area contributed by atoms with Crippen LogP contribution in [-0.2, 0) is 18.4 Å². The van der Waals surface area contributed by atoms with Gasteiger partial charge >= 0.3 is 0 Å². The van der Waals surface area contributed by atoms with E-state index in [2.05, 4.69) is 26.6 Å². The van der Waals surface area contributed by atoms with Crippen LogP contribution in [0.5, 0.6) is 0 Å². The molecule has 1 amide bonds. The molecule has 2 fully saturated rings. The van der Waals surface area contributed by atoms with Crippen molar-refractivity contribution in [2.45, 2.75) is 38.1 Å². The van der Waals surface area contributed by atoms with E-state index in [0.29, 0.717) is 11.8 Å². The minimum Gasteiger partial charge on any atom is -0.356 e. The Hall–Kier alpha value is -2.19. The van der Waals surface area contributed by atoms with E-state index in [1.165, 1.54) is 28.8 Å². The largest absolute Gasteiger partial charge is 0.356 e. The van der Waals surface area contributed by atoms with E-state index in [-0.39, 0.29) is 11.8 Å². The van der Waals surface area contributed by atoms with Crippen molar-refractivity contribution < 1.29 is 4.79 Å². The number of likely N-dealkylation sites (tertiary alicyclic amines) is 1. The lowest BCUT2D eigenvalue weighted by Gasteiger charge is -2.31. The molecule has 1 saturated carbocycles. The first kappa shape index (κ1) is 19.8. The fourth-order valence-electron chi connectivity index (χ4n) is 4.79. The van der Waals surface area contributed by atoms with Crippen LogP contribution >= 0.6 is 11.3 Å². The first-order valence-electron chi connectivity index (χ1n) is 11.0. The van der Waals surface area contributed by atoms with Gasteiger partial charge in [-0.1, -0.05) is 0 Å². The average Bonchev–Trinajstić information content (AvgIpc) is 3.12. The molecule has 0 radical (unpaired) electrons. The maximum Gasteiger partial charge on any atom is 0.223 e. The van der Waals surface area contributed by atoms with Gasteiger partial charge in [0.2, 0.25) is 5.91 Å². The number of amides is 1. The fraction of sp³-hybridized carbons (Fsp3) is 0.591. The third-order valence-corrected chi connectivity index (χ3v) is 7.59. The summed E-state index contributed by atoms with van der Waals surface area (Å²) in [5.41, 5.74) is 2.55. The number of piperidine rings is 1. The van der Waals surface area contributed by atoms with Gasteiger partial charge in [-0.25, -0.2) is 4.98 Å². The van der Waals surface area contributed by atoms with Gasteiger partial charge in [-0.2, -0.15) is 5.10 Å². The predicted molar refractivity (Wildman–Crippen MR) is 118 cm³/mol. The van der Waals surface area contributed by atoms with Crippen molar-refractivity contribution in [3.8, 4) is 0 Å². The van der Waals surface area contributed by atoms with Crippen LogP contribution < -0.4 is 5.32 Å². The molecule has 3 aromatic heterocycles. The van der Waals surface area contributed by atoms with Crippen molar-refractivity contribution in [2.24, 2.45) is 18.9 Å². The highest BCUT2D eigenvalue weighted by atomic mass is 32.1. The first-order valence-corrected chi connectivity index (χ1v) is 11.9. The Labute approximate surface area is 181 Å². The summed E-state index contributed by atoms with van der Waals surface area (Å²) < 4.78 is 5.43. The third-order valence-electron chi connectivity index (χ3n) is 6.66. The maximum atomic E-state index is 12.4. The molecule has 1 aliphatic carbocycles. The minimum atomic E-state index is 0.220. The number of hydrogen-bond acceptors (Lipinski definition) is 5. The number of nitrogens with zero attached hydrogens (tertiary/aromatic N) is 5. The van der Waals surface area contributed by atoms with Gasteiger partial charge in [0.1, 0.15) is 0 Å². The second-order valence-corrected chi connectivity index (χ2v) is 9.68. The molecule has 2 aliphatic rings. The van der Waals surface area contributed by atoms with Crippen molar-refractivity contribution in [1.29, 1.82) is 0 Å². The second kappa shape index (κ2) is 8.51. The number of thiophene rings is 1. The highest BCUT2D eigenvalue weighted by molar-refractivity contribution is 7.17. The number of aromatic nitrogens is 4. The van der Waals surface area contributed by atoms with E-state index in [4.69, 9.17) is 5.10 Å². The van der Waals surface area contributed by atoms with Gasteiger partial charge in [0.15, 0.2) is 0 Å². The lowest BCUT2D eigenvalue weighted by Crippen LogP contribution is -2.35. The molecule has 30 heavy (non-hydrogen) atoms. The van der Waals surface area contributed by atoms with Gasteiger partial charge < -0.3 is 14.8 Å². The van der Waals surface area contributed by atoms with Gasteiger partial charge in [0.25, 0.3) is 0 Å². The van der Waals surface area contributed by atoms with Crippen LogP contribution in [-0.4, -0.2) is 56.3 Å². The molecule has 8 heteroatoms. The molecule has 160 valence electrons. The van der Waals surface area contributed by atoms with Crippen LogP contribution in [0, 0.1) is 11.8 Å². The molecule has 0 spiro atoms. The zero-order valence-corrected chi connectivity index (χ0v) is 18.4. The number of carbonyl (C=O) groups is 1. The van der Waals surface area contributed by atoms with E-state index in [9.17, 15) is 4.79 Å². The number of imidazole rings is 1. The topological polar surface area (TPSA) is 68.0 Å². The molecule has 1 N–H and O–H groups in total. The lowest BCUT2D eigenvalue weighted by atomic mass is 9.93. The molecule has 0 unspecified atom stereocenters. The number of nitrogens with one attached hydrogen (secondary N) is 1. The molecule has 7 nitrogen and oxygen atoms in total. The molecule has 3 aromatic rings. The zero-order chi connectivity index (χ0) is 20.5. The van der Waals surface area contributed by atoms with Crippen LogP contribution in [0.25, 0.3) is 10.2 Å². The Bertz CT molecular complexity index is 985. The van der Waals surface area contributed by atoms with Crippen molar-refractivity contribution in [1.82, 2.24) is 29.5 Å². The van der Waals surface area contributed by atoms with Crippen molar-refractivity contribution >= 4 is 27.5 Å². The lowest BCUT2D eigenvalue weighted by molar-refractivity contribution is -0.122. The number of fused-ring (bicyclic) bond motifs is 1. The molecular formula is C22H30N6OS. The highest BCUT2D eigenvalue weighted by Gasteiger charge is 2.43. The van der Waals surface area contributed by atoms with Gasteiger partial charge in [-0.15, -0.1) is 11.3 Å². The summed E-state index contributed by atoms with van der Waals surface area (Å²) in [5.74, 6) is 1.57. The van der Waals surface area contributed by atoms with E-state index < -0.39 is 0 Å². The molecule has 0 aromatic carbocycles. The number of aryl methyl sites for hydroxylation is 2. The summed E-state index contributed by atoms with van der Waals surface area (Å²) in [7, 11) is 2.05.